The molecule has 1 spiro atoms. The third-order valence-electron chi connectivity index (χ3n) is 6.92. The van der Waals surface area contributed by atoms with Crippen LogP contribution in [0.25, 0.3) is 0 Å². The number of rotatable bonds is 7. The zero-order chi connectivity index (χ0) is 28.6. The van der Waals surface area contributed by atoms with E-state index >= 15 is 0 Å². The van der Waals surface area contributed by atoms with Gasteiger partial charge < -0.3 is 15.0 Å². The molecule has 9 nitrogen and oxygen atoms in total. The van der Waals surface area contributed by atoms with Crippen LogP contribution < -0.4 is 10.1 Å². The van der Waals surface area contributed by atoms with Crippen LogP contribution in [0.4, 0.5) is 13.2 Å². The summed E-state index contributed by atoms with van der Waals surface area (Å²) in [5.41, 5.74) is 0.871. The third kappa shape index (κ3) is 6.25. The number of aryl methyl sites for hydroxylation is 2. The van der Waals surface area contributed by atoms with Crippen molar-refractivity contribution in [1.82, 2.24) is 14.5 Å². The van der Waals surface area contributed by atoms with Crippen LogP contribution in [0.15, 0.2) is 47.5 Å². The van der Waals surface area contributed by atoms with Crippen molar-refractivity contribution >= 4 is 27.7 Å². The van der Waals surface area contributed by atoms with Crippen molar-refractivity contribution in [2.24, 2.45) is 4.99 Å². The van der Waals surface area contributed by atoms with Crippen molar-refractivity contribution in [2.45, 2.75) is 38.1 Å². The van der Waals surface area contributed by atoms with Gasteiger partial charge in [0.2, 0.25) is 10.0 Å². The predicted molar refractivity (Wildman–Crippen MR) is 138 cm³/mol. The van der Waals surface area contributed by atoms with Crippen LogP contribution in [-0.4, -0.2) is 80.1 Å². The molecule has 0 saturated carbocycles. The molecule has 2 aromatic rings. The van der Waals surface area contributed by atoms with Gasteiger partial charge in [0.05, 0.1) is 11.3 Å². The predicted octanol–water partition coefficient (Wildman–Crippen LogP) is 2.88. The molecule has 2 amide bonds. The molecule has 39 heavy (non-hydrogen) atoms. The summed E-state index contributed by atoms with van der Waals surface area (Å²) in [6.07, 6.45) is -4.49. The first-order chi connectivity index (χ1) is 18.2. The highest BCUT2D eigenvalue weighted by Gasteiger charge is 2.48. The number of carbonyl (C=O) groups is 2. The van der Waals surface area contributed by atoms with Gasteiger partial charge in [0.15, 0.2) is 0 Å². The molecule has 2 aliphatic rings. The van der Waals surface area contributed by atoms with Gasteiger partial charge in [-0.25, -0.2) is 12.7 Å². The van der Waals surface area contributed by atoms with Crippen molar-refractivity contribution in [2.75, 3.05) is 32.9 Å². The number of sulfonamides is 1. The lowest BCUT2D eigenvalue weighted by Crippen LogP contribution is -2.50. The number of hydrogen-bond donors (Lipinski definition) is 1. The lowest BCUT2D eigenvalue weighted by atomic mass is 9.89. The molecular formula is C26H29F3N4O5S. The first-order valence-electron chi connectivity index (χ1n) is 12.3. The normalized spacial score (nSPS) is 17.6. The highest BCUT2D eigenvalue weighted by molar-refractivity contribution is 7.89. The molecule has 1 saturated heterocycles. The van der Waals surface area contributed by atoms with Gasteiger partial charge in [0.1, 0.15) is 17.1 Å². The number of amides is 2. The molecular weight excluding hydrogens is 537 g/mol. The summed E-state index contributed by atoms with van der Waals surface area (Å²) in [7, 11) is -0.349. The van der Waals surface area contributed by atoms with Crippen LogP contribution in [0.5, 0.6) is 5.75 Å². The number of nitrogens with zero attached hydrogens (tertiary/aromatic N) is 3. The number of carbonyl (C=O) groups excluding carboxylic acids is 2. The second-order valence-electron chi connectivity index (χ2n) is 9.80. The molecule has 0 radical (unpaired) electrons. The van der Waals surface area contributed by atoms with Gasteiger partial charge >= 0.3 is 6.36 Å². The molecule has 0 unspecified atom stereocenters. The zero-order valence-electron chi connectivity index (χ0n) is 21.7. The summed E-state index contributed by atoms with van der Waals surface area (Å²) in [5.74, 6) is -1.31. The number of hydrogen-bond acceptors (Lipinski definition) is 6. The zero-order valence-corrected chi connectivity index (χ0v) is 22.5. The Kier molecular flexibility index (Phi) is 7.77. The van der Waals surface area contributed by atoms with Crippen molar-refractivity contribution in [3.63, 3.8) is 0 Å². The second-order valence-corrected chi connectivity index (χ2v) is 11.9. The molecule has 1 fully saturated rings. The van der Waals surface area contributed by atoms with Crippen LogP contribution in [0, 0.1) is 6.92 Å². The summed E-state index contributed by atoms with van der Waals surface area (Å²) in [6, 6.07) is 10.5. The molecule has 0 atom stereocenters. The van der Waals surface area contributed by atoms with Crippen LogP contribution in [0.1, 0.15) is 39.9 Å². The average Bonchev–Trinajstić information content (AvgIpc) is 3.17. The number of ether oxygens (including phenoxy) is 1. The number of nitrogens with one attached hydrogen (secondary N) is 1. The van der Waals surface area contributed by atoms with Crippen LogP contribution in [0.2, 0.25) is 0 Å². The van der Waals surface area contributed by atoms with E-state index in [0.29, 0.717) is 5.56 Å². The maximum absolute atomic E-state index is 13.1. The minimum atomic E-state index is -4.92. The van der Waals surface area contributed by atoms with Crippen molar-refractivity contribution in [3.05, 3.63) is 64.7 Å². The van der Waals surface area contributed by atoms with Crippen molar-refractivity contribution in [3.8, 4) is 5.75 Å². The maximum atomic E-state index is 13.1. The van der Waals surface area contributed by atoms with Gasteiger partial charge in [-0.15, -0.1) is 13.2 Å². The van der Waals surface area contributed by atoms with Crippen LogP contribution in [0.3, 0.4) is 0 Å². The Morgan fingerprint density at radius 1 is 1.15 bits per heavy atom. The highest BCUT2D eigenvalue weighted by atomic mass is 32.2. The number of aliphatic imine (C=N–C) groups is 1. The third-order valence-corrected chi connectivity index (χ3v) is 8.79. The Hall–Kier alpha value is -3.45. The summed E-state index contributed by atoms with van der Waals surface area (Å²) in [4.78, 5) is 30.9. The Bertz CT molecular complexity index is 1410. The van der Waals surface area contributed by atoms with Gasteiger partial charge in [0.25, 0.3) is 11.8 Å². The van der Waals surface area contributed by atoms with E-state index in [9.17, 15) is 31.2 Å². The maximum Gasteiger partial charge on any atom is 0.573 e. The largest absolute Gasteiger partial charge is 0.573 e. The van der Waals surface area contributed by atoms with Gasteiger partial charge in [-0.3, -0.25) is 14.6 Å². The molecule has 13 heteroatoms. The highest BCUT2D eigenvalue weighted by Crippen LogP contribution is 2.34. The van der Waals surface area contributed by atoms with E-state index < -0.39 is 33.6 Å². The van der Waals surface area contributed by atoms with Gasteiger partial charge in [-0.1, -0.05) is 18.2 Å². The number of amidine groups is 1. The Balaban J connectivity index is 1.43. The van der Waals surface area contributed by atoms with E-state index in [-0.39, 0.29) is 55.4 Å². The Labute approximate surface area is 224 Å². The molecule has 0 bridgehead atoms. The SMILES string of the molecule is Cc1cc(C(=O)N(C)C)ccc1CCS(=O)(=O)N1CCC2(CC1)N=C(c1ccccc1OC(F)(F)F)NC2=O. The first-order valence-corrected chi connectivity index (χ1v) is 13.9. The number of alkyl halides is 3. The number of para-hydroxylation sites is 1. The quantitative estimate of drug-likeness (QED) is 0.555. The lowest BCUT2D eigenvalue weighted by Gasteiger charge is -2.34. The molecule has 2 aromatic carbocycles. The van der Waals surface area contributed by atoms with Crippen molar-refractivity contribution in [1.29, 1.82) is 0 Å². The first kappa shape index (κ1) is 28.6. The fraction of sp³-hybridized carbons (Fsp3) is 0.423. The summed E-state index contributed by atoms with van der Waals surface area (Å²) in [5, 5.41) is 2.55. The number of benzene rings is 2. The van der Waals surface area contributed by atoms with E-state index in [4.69, 9.17) is 0 Å². The Morgan fingerprint density at radius 2 is 1.82 bits per heavy atom. The number of piperidine rings is 1. The smallest absolute Gasteiger partial charge is 0.405 e. The summed E-state index contributed by atoms with van der Waals surface area (Å²) >= 11 is 0. The van der Waals surface area contributed by atoms with E-state index in [0.717, 1.165) is 17.2 Å². The van der Waals surface area contributed by atoms with Crippen LogP contribution in [-0.2, 0) is 21.2 Å². The molecule has 2 heterocycles. The molecule has 4 rings (SSSR count). The van der Waals surface area contributed by atoms with Crippen molar-refractivity contribution < 1.29 is 35.9 Å². The number of halogens is 3. The minimum Gasteiger partial charge on any atom is -0.405 e. The minimum absolute atomic E-state index is 0.0104. The fourth-order valence-electron chi connectivity index (χ4n) is 4.73. The van der Waals surface area contributed by atoms with E-state index in [1.165, 1.54) is 27.4 Å². The van der Waals surface area contributed by atoms with Gasteiger partial charge in [-0.05, 0) is 61.6 Å². The fourth-order valence-corrected chi connectivity index (χ4v) is 6.20. The average molecular weight is 567 g/mol. The van der Waals surface area contributed by atoms with Crippen LogP contribution >= 0.6 is 0 Å². The summed E-state index contributed by atoms with van der Waals surface area (Å²) < 4.78 is 70.1. The molecule has 0 aliphatic carbocycles. The molecule has 2 aliphatic heterocycles. The van der Waals surface area contributed by atoms with E-state index in [1.54, 1.807) is 32.3 Å². The van der Waals surface area contributed by atoms with E-state index in [2.05, 4.69) is 15.0 Å². The second kappa shape index (κ2) is 10.6. The van der Waals surface area contributed by atoms with E-state index in [1.807, 2.05) is 6.92 Å². The standard InChI is InChI=1S/C26H29F3N4O5S/c1-17-16-19(23(34)32(2)3)9-8-18(17)10-15-39(36,37)33-13-11-25(12-14-33)24(35)30-22(31-25)20-6-4-5-7-21(20)38-26(27,28)29/h4-9,16H,10-15H2,1-3H3,(H,30,31,35). The lowest BCUT2D eigenvalue weighted by molar-refractivity contribution is -0.274. The Morgan fingerprint density at radius 3 is 2.44 bits per heavy atom. The van der Waals surface area contributed by atoms with Gasteiger partial charge in [-0.2, -0.15) is 0 Å². The van der Waals surface area contributed by atoms with Gasteiger partial charge in [0, 0.05) is 32.7 Å². The molecule has 210 valence electrons. The monoisotopic (exact) mass is 566 g/mol. The topological polar surface area (TPSA) is 108 Å². The summed E-state index contributed by atoms with van der Waals surface area (Å²) in [6.45, 7) is 1.91. The molecule has 1 N–H and O–H groups in total. The molecule has 0 aromatic heterocycles.